The van der Waals surface area contributed by atoms with Crippen molar-refractivity contribution in [1.82, 2.24) is 0 Å². The van der Waals surface area contributed by atoms with E-state index >= 15 is 0 Å². The highest BCUT2D eigenvalue weighted by Crippen LogP contribution is 2.19. The second-order valence-corrected chi connectivity index (χ2v) is 4.92. The molecule has 1 aliphatic heterocycles. The number of ketones is 1. The molecule has 0 aromatic carbocycles. The van der Waals surface area contributed by atoms with Gasteiger partial charge in [0.25, 0.3) is 0 Å². The number of carbonyl (C=O) groups excluding carboxylic acids is 1. The first kappa shape index (κ1) is 10.2. The predicted molar refractivity (Wildman–Crippen MR) is 56.4 cm³/mol. The maximum atomic E-state index is 11.7. The van der Waals surface area contributed by atoms with E-state index in [0.29, 0.717) is 11.7 Å². The zero-order valence-corrected chi connectivity index (χ0v) is 9.06. The van der Waals surface area contributed by atoms with Crippen LogP contribution >= 0.6 is 0 Å². The number of carbonyl (C=O) groups is 1. The fraction of sp³-hybridized carbons (Fsp3) is 0.917. The van der Waals surface area contributed by atoms with Gasteiger partial charge >= 0.3 is 0 Å². The number of likely N-dealkylation sites (tertiary alicyclic amines) is 1. The Morgan fingerprint density at radius 3 is 2.57 bits per heavy atom. The van der Waals surface area contributed by atoms with E-state index in [4.69, 9.17) is 0 Å². The van der Waals surface area contributed by atoms with E-state index in [1.165, 1.54) is 45.2 Å². The lowest BCUT2D eigenvalue weighted by molar-refractivity contribution is -0.907. The van der Waals surface area contributed by atoms with Gasteiger partial charge in [-0.3, -0.25) is 4.79 Å². The third-order valence-electron chi connectivity index (χ3n) is 3.78. The Morgan fingerprint density at radius 1 is 1.07 bits per heavy atom. The van der Waals surface area contributed by atoms with Crippen LogP contribution < -0.4 is 4.90 Å². The minimum atomic E-state index is 0.414. The van der Waals surface area contributed by atoms with Gasteiger partial charge in [-0.15, -0.1) is 0 Å². The monoisotopic (exact) mass is 196 g/mol. The fourth-order valence-corrected chi connectivity index (χ4v) is 2.88. The highest BCUT2D eigenvalue weighted by molar-refractivity contribution is 5.81. The molecule has 0 amide bonds. The van der Waals surface area contributed by atoms with E-state index in [0.717, 1.165) is 19.4 Å². The highest BCUT2D eigenvalue weighted by Gasteiger charge is 2.27. The molecule has 14 heavy (non-hydrogen) atoms. The molecule has 1 heterocycles. The Balaban J connectivity index is 1.79. The van der Waals surface area contributed by atoms with Gasteiger partial charge in [-0.05, 0) is 32.1 Å². The van der Waals surface area contributed by atoms with Gasteiger partial charge in [0.15, 0.2) is 0 Å². The van der Waals surface area contributed by atoms with E-state index in [9.17, 15) is 4.79 Å². The smallest absolute Gasteiger partial charge is 0.141 e. The van der Waals surface area contributed by atoms with Crippen molar-refractivity contribution >= 4 is 5.78 Å². The number of rotatable bonds is 2. The van der Waals surface area contributed by atoms with E-state index in [-0.39, 0.29) is 0 Å². The van der Waals surface area contributed by atoms with Crippen LogP contribution in [0, 0.1) is 5.92 Å². The summed E-state index contributed by atoms with van der Waals surface area (Å²) in [5, 5.41) is 0. The van der Waals surface area contributed by atoms with Gasteiger partial charge in [0.05, 0.1) is 25.6 Å². The van der Waals surface area contributed by atoms with E-state index in [1.807, 2.05) is 0 Å². The van der Waals surface area contributed by atoms with Crippen LogP contribution in [0.4, 0.5) is 0 Å². The van der Waals surface area contributed by atoms with Gasteiger partial charge in [-0.25, -0.2) is 0 Å². The SMILES string of the molecule is O=C1CCCC[C@@H]1C[NH+]1CCCCC1. The largest absolute Gasteiger partial charge is 0.334 e. The van der Waals surface area contributed by atoms with Crippen molar-refractivity contribution in [3.05, 3.63) is 0 Å². The molecule has 2 aliphatic rings. The van der Waals surface area contributed by atoms with Crippen molar-refractivity contribution in [3.8, 4) is 0 Å². The molecule has 2 nitrogen and oxygen atoms in total. The molecule has 2 rings (SSSR count). The first-order chi connectivity index (χ1) is 6.86. The van der Waals surface area contributed by atoms with E-state index in [2.05, 4.69) is 0 Å². The molecule has 1 N–H and O–H groups in total. The second-order valence-electron chi connectivity index (χ2n) is 4.92. The maximum Gasteiger partial charge on any atom is 0.141 e. The summed E-state index contributed by atoms with van der Waals surface area (Å²) in [4.78, 5) is 13.3. The Morgan fingerprint density at radius 2 is 1.86 bits per heavy atom. The molecule has 0 spiro atoms. The number of nitrogens with one attached hydrogen (secondary N) is 1. The van der Waals surface area contributed by atoms with Gasteiger partial charge in [-0.1, -0.05) is 6.42 Å². The van der Waals surface area contributed by atoms with Crippen LogP contribution in [-0.2, 0) is 4.79 Å². The van der Waals surface area contributed by atoms with E-state index in [1.54, 1.807) is 4.90 Å². The van der Waals surface area contributed by atoms with Gasteiger partial charge in [0.1, 0.15) is 5.78 Å². The molecule has 2 heteroatoms. The summed E-state index contributed by atoms with van der Waals surface area (Å²) in [5.74, 6) is 0.964. The van der Waals surface area contributed by atoms with Crippen molar-refractivity contribution in [2.75, 3.05) is 19.6 Å². The van der Waals surface area contributed by atoms with Crippen LogP contribution in [0.25, 0.3) is 0 Å². The molecule has 0 unspecified atom stereocenters. The van der Waals surface area contributed by atoms with Gasteiger partial charge < -0.3 is 4.90 Å². The minimum Gasteiger partial charge on any atom is -0.334 e. The average Bonchev–Trinajstić information content (AvgIpc) is 2.23. The molecule has 1 aliphatic carbocycles. The summed E-state index contributed by atoms with van der Waals surface area (Å²) in [6.07, 6.45) is 8.60. The number of Topliss-reactive ketones (excluding diaryl/α,β-unsaturated/α-hetero) is 1. The quantitative estimate of drug-likeness (QED) is 0.693. The minimum absolute atomic E-state index is 0.414. The Kier molecular flexibility index (Phi) is 3.57. The zero-order chi connectivity index (χ0) is 9.80. The normalized spacial score (nSPS) is 30.6. The first-order valence-corrected chi connectivity index (χ1v) is 6.22. The standard InChI is InChI=1S/C12H21NO/c14-12-7-3-2-6-11(12)10-13-8-4-1-5-9-13/h11H,1-10H2/p+1/t11-/m1/s1. The summed E-state index contributed by atoms with van der Waals surface area (Å²) in [6.45, 7) is 3.76. The van der Waals surface area contributed by atoms with Gasteiger partial charge in [0.2, 0.25) is 0 Å². The Bertz CT molecular complexity index is 196. The Hall–Kier alpha value is -0.370. The molecule has 0 aromatic rings. The number of hydrogen-bond acceptors (Lipinski definition) is 1. The number of quaternary nitrogens is 1. The summed E-state index contributed by atoms with van der Waals surface area (Å²) in [5.41, 5.74) is 0. The molecule has 1 saturated heterocycles. The number of hydrogen-bond donors (Lipinski definition) is 1. The third kappa shape index (κ3) is 2.57. The molecule has 1 saturated carbocycles. The summed E-state index contributed by atoms with van der Waals surface area (Å²) >= 11 is 0. The fourth-order valence-electron chi connectivity index (χ4n) is 2.88. The zero-order valence-electron chi connectivity index (χ0n) is 9.06. The number of piperidine rings is 1. The summed E-state index contributed by atoms with van der Waals surface area (Å²) in [6, 6.07) is 0. The predicted octanol–water partition coefficient (Wildman–Crippen LogP) is 0.814. The molecule has 0 aromatic heterocycles. The molecule has 80 valence electrons. The van der Waals surface area contributed by atoms with Crippen molar-refractivity contribution in [2.24, 2.45) is 5.92 Å². The third-order valence-corrected chi connectivity index (χ3v) is 3.78. The van der Waals surface area contributed by atoms with Crippen LogP contribution in [0.3, 0.4) is 0 Å². The van der Waals surface area contributed by atoms with Crippen LogP contribution in [0.5, 0.6) is 0 Å². The molecular weight excluding hydrogens is 174 g/mol. The average molecular weight is 196 g/mol. The lowest BCUT2D eigenvalue weighted by Crippen LogP contribution is -3.13. The van der Waals surface area contributed by atoms with Crippen molar-refractivity contribution in [1.29, 1.82) is 0 Å². The summed E-state index contributed by atoms with van der Waals surface area (Å²) < 4.78 is 0. The topological polar surface area (TPSA) is 21.5 Å². The van der Waals surface area contributed by atoms with Gasteiger partial charge in [-0.2, -0.15) is 0 Å². The lowest BCUT2D eigenvalue weighted by atomic mass is 9.87. The molecule has 2 fully saturated rings. The van der Waals surface area contributed by atoms with Crippen molar-refractivity contribution < 1.29 is 9.69 Å². The Labute approximate surface area is 86.7 Å². The van der Waals surface area contributed by atoms with Crippen LogP contribution in [-0.4, -0.2) is 25.4 Å². The second kappa shape index (κ2) is 4.92. The highest BCUT2D eigenvalue weighted by atomic mass is 16.1. The molecule has 0 radical (unpaired) electrons. The van der Waals surface area contributed by atoms with Crippen LogP contribution in [0.1, 0.15) is 44.9 Å². The van der Waals surface area contributed by atoms with Crippen LogP contribution in [0.15, 0.2) is 0 Å². The van der Waals surface area contributed by atoms with Gasteiger partial charge in [0, 0.05) is 6.42 Å². The van der Waals surface area contributed by atoms with Crippen molar-refractivity contribution in [3.63, 3.8) is 0 Å². The lowest BCUT2D eigenvalue weighted by Gasteiger charge is -2.28. The summed E-state index contributed by atoms with van der Waals surface area (Å²) in [7, 11) is 0. The van der Waals surface area contributed by atoms with Crippen LogP contribution in [0.2, 0.25) is 0 Å². The van der Waals surface area contributed by atoms with Crippen molar-refractivity contribution in [2.45, 2.75) is 44.9 Å². The maximum absolute atomic E-state index is 11.7. The first-order valence-electron chi connectivity index (χ1n) is 6.22. The molecule has 1 atom stereocenters. The molecular formula is C12H22NO+. The van der Waals surface area contributed by atoms with E-state index < -0.39 is 0 Å². The molecule has 0 bridgehead atoms.